The maximum Gasteiger partial charge on any atom is 0.0487 e. The van der Waals surface area contributed by atoms with Crippen molar-refractivity contribution >= 4 is 29.4 Å². The van der Waals surface area contributed by atoms with E-state index in [4.69, 9.17) is 5.73 Å². The maximum absolute atomic E-state index is 5.86. The van der Waals surface area contributed by atoms with E-state index in [1.807, 2.05) is 11.3 Å². The zero-order valence-electron chi connectivity index (χ0n) is 6.52. The minimum absolute atomic E-state index is 0. The van der Waals surface area contributed by atoms with Crippen LogP contribution in [0.3, 0.4) is 0 Å². The molecule has 2 N–H and O–H groups in total. The van der Waals surface area contributed by atoms with Gasteiger partial charge in [0, 0.05) is 15.4 Å². The fraction of sp³-hybridized carbons (Fsp3) is 0.500. The summed E-state index contributed by atoms with van der Waals surface area (Å²) in [4.78, 5) is 2.85. The molecule has 2 rings (SSSR count). The highest BCUT2D eigenvalue weighted by molar-refractivity contribution is 7.12. The van der Waals surface area contributed by atoms with E-state index in [1.54, 1.807) is 0 Å². The van der Waals surface area contributed by atoms with Crippen molar-refractivity contribution < 1.29 is 0 Å². The van der Waals surface area contributed by atoms with Crippen molar-refractivity contribution in [2.24, 2.45) is 0 Å². The second-order valence-electron chi connectivity index (χ2n) is 2.83. The van der Waals surface area contributed by atoms with Crippen molar-refractivity contribution in [1.82, 2.24) is 0 Å². The summed E-state index contributed by atoms with van der Waals surface area (Å²) in [5.74, 6) is 0. The Bertz CT molecular complexity index is 267. The molecule has 0 saturated heterocycles. The van der Waals surface area contributed by atoms with Crippen molar-refractivity contribution in [3.63, 3.8) is 0 Å². The lowest BCUT2D eigenvalue weighted by atomic mass is 10.2. The Morgan fingerprint density at radius 3 is 2.73 bits per heavy atom. The number of thiophene rings is 1. The molecule has 1 nitrogen and oxygen atoms in total. The molecule has 3 heteroatoms. The molecule has 62 valence electrons. The van der Waals surface area contributed by atoms with Crippen LogP contribution in [-0.2, 0) is 12.8 Å². The average molecular weight is 190 g/mol. The van der Waals surface area contributed by atoms with E-state index in [2.05, 4.69) is 6.92 Å². The number of anilines is 1. The van der Waals surface area contributed by atoms with Crippen LogP contribution in [0.4, 0.5) is 5.69 Å². The topological polar surface area (TPSA) is 26.0 Å². The van der Waals surface area contributed by atoms with E-state index in [0.717, 1.165) is 5.69 Å². The van der Waals surface area contributed by atoms with Crippen LogP contribution in [0.1, 0.15) is 21.7 Å². The lowest BCUT2D eigenvalue weighted by molar-refractivity contribution is 0.915. The molecule has 0 radical (unpaired) electrons. The first-order valence-electron chi connectivity index (χ1n) is 3.65. The van der Waals surface area contributed by atoms with Crippen LogP contribution in [0.2, 0.25) is 0 Å². The third-order valence-electron chi connectivity index (χ3n) is 2.15. The average Bonchev–Trinajstić information content (AvgIpc) is 2.41. The van der Waals surface area contributed by atoms with E-state index in [1.165, 1.54) is 34.6 Å². The summed E-state index contributed by atoms with van der Waals surface area (Å²) in [6, 6.07) is 0. The van der Waals surface area contributed by atoms with E-state index in [0.29, 0.717) is 0 Å². The van der Waals surface area contributed by atoms with Gasteiger partial charge >= 0.3 is 0 Å². The monoisotopic (exact) mass is 189 g/mol. The van der Waals surface area contributed by atoms with Gasteiger partial charge in [-0.2, -0.15) is 0 Å². The van der Waals surface area contributed by atoms with Crippen LogP contribution in [0.25, 0.3) is 0 Å². The number of hydrogen-bond donors (Lipinski definition) is 1. The standard InChI is InChI=1S/C8H11NS.ClH/c1-5-8(9)6-3-2-4-7(6)10-5;/h2-4,9H2,1H3;1H. The van der Waals surface area contributed by atoms with Gasteiger partial charge in [0.15, 0.2) is 0 Å². The predicted octanol–water partition coefficient (Wildman–Crippen LogP) is 2.55. The second-order valence-corrected chi connectivity index (χ2v) is 4.14. The van der Waals surface area contributed by atoms with Crippen molar-refractivity contribution in [2.75, 3.05) is 5.73 Å². The van der Waals surface area contributed by atoms with Crippen LogP contribution in [-0.4, -0.2) is 0 Å². The summed E-state index contributed by atoms with van der Waals surface area (Å²) in [6.07, 6.45) is 3.79. The fourth-order valence-electron chi connectivity index (χ4n) is 1.57. The van der Waals surface area contributed by atoms with Gasteiger partial charge in [-0.1, -0.05) is 0 Å². The first-order chi connectivity index (χ1) is 4.79. The summed E-state index contributed by atoms with van der Waals surface area (Å²) >= 11 is 1.88. The molecule has 0 fully saturated rings. The fourth-order valence-corrected chi connectivity index (χ4v) is 2.75. The highest BCUT2D eigenvalue weighted by Crippen LogP contribution is 2.36. The van der Waals surface area contributed by atoms with Crippen molar-refractivity contribution in [2.45, 2.75) is 26.2 Å². The first-order valence-corrected chi connectivity index (χ1v) is 4.47. The minimum Gasteiger partial charge on any atom is -0.398 e. The molecule has 1 aromatic rings. The summed E-state index contributed by atoms with van der Waals surface area (Å²) in [5, 5.41) is 0. The third-order valence-corrected chi connectivity index (χ3v) is 3.37. The van der Waals surface area contributed by atoms with E-state index < -0.39 is 0 Å². The molecule has 0 spiro atoms. The number of halogens is 1. The molecular formula is C8H12ClNS. The molecule has 1 aliphatic carbocycles. The molecule has 0 amide bonds. The molecule has 0 aromatic carbocycles. The van der Waals surface area contributed by atoms with Gasteiger partial charge in [-0.25, -0.2) is 0 Å². The highest BCUT2D eigenvalue weighted by atomic mass is 35.5. The van der Waals surface area contributed by atoms with E-state index >= 15 is 0 Å². The quantitative estimate of drug-likeness (QED) is 0.667. The Balaban J connectivity index is 0.000000605. The number of hydrogen-bond acceptors (Lipinski definition) is 2. The smallest absolute Gasteiger partial charge is 0.0487 e. The van der Waals surface area contributed by atoms with Crippen molar-refractivity contribution in [3.8, 4) is 0 Å². The summed E-state index contributed by atoms with van der Waals surface area (Å²) in [6.45, 7) is 2.11. The molecular weight excluding hydrogens is 178 g/mol. The maximum atomic E-state index is 5.86. The SMILES string of the molecule is Cc1sc2c(c1N)CCC2.Cl. The second kappa shape index (κ2) is 3.03. The summed E-state index contributed by atoms with van der Waals surface area (Å²) in [5.41, 5.74) is 8.38. The first kappa shape index (κ1) is 8.88. The molecule has 0 aliphatic heterocycles. The van der Waals surface area contributed by atoms with Gasteiger partial charge in [-0.05, 0) is 31.7 Å². The third kappa shape index (κ3) is 1.25. The van der Waals surface area contributed by atoms with Gasteiger partial charge in [0.2, 0.25) is 0 Å². The number of nitrogen functional groups attached to an aromatic ring is 1. The number of fused-ring (bicyclic) bond motifs is 1. The van der Waals surface area contributed by atoms with E-state index in [-0.39, 0.29) is 12.4 Å². The van der Waals surface area contributed by atoms with E-state index in [9.17, 15) is 0 Å². The molecule has 1 aliphatic rings. The lowest BCUT2D eigenvalue weighted by Gasteiger charge is -1.92. The molecule has 0 bridgehead atoms. The predicted molar refractivity (Wildman–Crippen MR) is 52.7 cm³/mol. The molecule has 0 atom stereocenters. The summed E-state index contributed by atoms with van der Waals surface area (Å²) in [7, 11) is 0. The van der Waals surface area contributed by atoms with Crippen LogP contribution in [0.15, 0.2) is 0 Å². The highest BCUT2D eigenvalue weighted by Gasteiger charge is 2.17. The molecule has 0 saturated carbocycles. The van der Waals surface area contributed by atoms with Gasteiger partial charge in [0.05, 0.1) is 0 Å². The minimum atomic E-state index is 0. The van der Waals surface area contributed by atoms with Crippen LogP contribution < -0.4 is 5.73 Å². The number of aryl methyl sites for hydroxylation is 2. The number of rotatable bonds is 0. The Labute approximate surface area is 77.0 Å². The Kier molecular flexibility index (Phi) is 2.45. The molecule has 1 aromatic heterocycles. The Morgan fingerprint density at radius 1 is 1.36 bits per heavy atom. The van der Waals surface area contributed by atoms with Gasteiger partial charge in [-0.3, -0.25) is 0 Å². The van der Waals surface area contributed by atoms with Crippen molar-refractivity contribution in [1.29, 1.82) is 0 Å². The van der Waals surface area contributed by atoms with Gasteiger partial charge in [-0.15, -0.1) is 23.7 Å². The van der Waals surface area contributed by atoms with Gasteiger partial charge in [0.1, 0.15) is 0 Å². The Hall–Kier alpha value is -0.210. The zero-order valence-corrected chi connectivity index (χ0v) is 8.15. The molecule has 11 heavy (non-hydrogen) atoms. The van der Waals surface area contributed by atoms with Gasteiger partial charge in [0.25, 0.3) is 0 Å². The van der Waals surface area contributed by atoms with Crippen LogP contribution >= 0.6 is 23.7 Å². The largest absolute Gasteiger partial charge is 0.398 e. The van der Waals surface area contributed by atoms with Crippen LogP contribution in [0.5, 0.6) is 0 Å². The zero-order chi connectivity index (χ0) is 7.14. The summed E-state index contributed by atoms with van der Waals surface area (Å²) < 4.78 is 0. The van der Waals surface area contributed by atoms with Crippen molar-refractivity contribution in [3.05, 3.63) is 15.3 Å². The van der Waals surface area contributed by atoms with Crippen LogP contribution in [0, 0.1) is 6.92 Å². The molecule has 1 heterocycles. The van der Waals surface area contributed by atoms with Gasteiger partial charge < -0.3 is 5.73 Å². The molecule has 0 unspecified atom stereocenters. The number of nitrogens with two attached hydrogens (primary N) is 1. The normalized spacial score (nSPS) is 14.3. The lowest BCUT2D eigenvalue weighted by Crippen LogP contribution is -1.88. The Morgan fingerprint density at radius 2 is 2.09 bits per heavy atom.